The van der Waals surface area contributed by atoms with E-state index in [1.54, 1.807) is 31.3 Å². The van der Waals surface area contributed by atoms with Crippen molar-refractivity contribution in [2.24, 2.45) is 7.05 Å². The van der Waals surface area contributed by atoms with Crippen molar-refractivity contribution in [1.82, 2.24) is 4.68 Å². The molecule has 0 aliphatic heterocycles. The zero-order chi connectivity index (χ0) is 12.4. The highest BCUT2D eigenvalue weighted by molar-refractivity contribution is 7.54. The van der Waals surface area contributed by atoms with Crippen LogP contribution in [0.3, 0.4) is 0 Å². The van der Waals surface area contributed by atoms with Crippen molar-refractivity contribution in [3.63, 3.8) is 0 Å². The van der Waals surface area contributed by atoms with E-state index < -0.39 is 15.2 Å². The molecule has 0 aliphatic carbocycles. The Kier molecular flexibility index (Phi) is 3.49. The maximum atomic E-state index is 11.8. The first-order valence-corrected chi connectivity index (χ1v) is 6.05. The van der Waals surface area contributed by atoms with Crippen LogP contribution in [0.1, 0.15) is 0 Å². The van der Waals surface area contributed by atoms with Crippen LogP contribution in [0, 0.1) is 4.91 Å². The molecule has 0 saturated heterocycles. The number of fused-ring (bicyclic) bond motifs is 1. The van der Waals surface area contributed by atoms with Crippen LogP contribution in [0.4, 0.5) is 0 Å². The Morgan fingerprint density at radius 1 is 1.53 bits per heavy atom. The third kappa shape index (κ3) is 2.21. The van der Waals surface area contributed by atoms with Gasteiger partial charge in [0.05, 0.1) is 23.5 Å². The monoisotopic (exact) mass is 254 g/mol. The predicted molar refractivity (Wildman–Crippen MR) is 61.0 cm³/mol. The summed E-state index contributed by atoms with van der Waals surface area (Å²) < 4.78 is 6.64. The fourth-order valence-corrected chi connectivity index (χ4v) is 2.48. The van der Waals surface area contributed by atoms with Crippen LogP contribution in [0.2, 0.25) is 0 Å². The van der Waals surface area contributed by atoms with Crippen molar-refractivity contribution in [2.75, 3.05) is 6.79 Å². The SMILES string of the molecule is Cn1cc(P([O-])OCO)c2ccccc2[n+]1=O. The second kappa shape index (κ2) is 4.89. The lowest BCUT2D eigenvalue weighted by Crippen LogP contribution is -2.33. The van der Waals surface area contributed by atoms with Crippen LogP contribution in [0.5, 0.6) is 0 Å². The summed E-state index contributed by atoms with van der Waals surface area (Å²) in [6, 6.07) is 6.79. The molecule has 90 valence electrons. The number of rotatable bonds is 3. The summed E-state index contributed by atoms with van der Waals surface area (Å²) >= 11 is 0. The zero-order valence-corrected chi connectivity index (χ0v) is 10.0. The molecule has 1 aromatic carbocycles. The minimum atomic E-state index is -2.18. The van der Waals surface area contributed by atoms with E-state index in [0.29, 0.717) is 20.7 Å². The molecule has 0 saturated carbocycles. The highest BCUT2D eigenvalue weighted by atomic mass is 31.2. The summed E-state index contributed by atoms with van der Waals surface area (Å²) in [5.41, 5.74) is 0.400. The van der Waals surface area contributed by atoms with Gasteiger partial charge in [0.25, 0.3) is 5.52 Å². The number of aliphatic hydroxyl groups is 1. The van der Waals surface area contributed by atoms with Gasteiger partial charge in [-0.05, 0) is 14.4 Å². The van der Waals surface area contributed by atoms with Gasteiger partial charge in [-0.1, -0.05) is 12.1 Å². The van der Waals surface area contributed by atoms with Crippen molar-refractivity contribution < 1.29 is 19.1 Å². The molecular weight excluding hydrogens is 243 g/mol. The molecule has 1 atom stereocenters. The van der Waals surface area contributed by atoms with Gasteiger partial charge in [0.15, 0.2) is 4.54 Å². The average molecular weight is 254 g/mol. The Morgan fingerprint density at radius 3 is 2.94 bits per heavy atom. The fourth-order valence-electron chi connectivity index (χ4n) is 1.59. The van der Waals surface area contributed by atoms with Gasteiger partial charge in [-0.3, -0.25) is 0 Å². The van der Waals surface area contributed by atoms with Crippen LogP contribution in [0.25, 0.3) is 10.9 Å². The molecule has 0 fully saturated rings. The second-order valence-electron chi connectivity index (χ2n) is 3.39. The Balaban J connectivity index is 2.71. The van der Waals surface area contributed by atoms with E-state index >= 15 is 0 Å². The quantitative estimate of drug-likeness (QED) is 0.448. The topological polar surface area (TPSA) is 80.4 Å². The van der Waals surface area contributed by atoms with Crippen molar-refractivity contribution in [3.05, 3.63) is 35.4 Å². The van der Waals surface area contributed by atoms with E-state index in [1.165, 1.54) is 10.9 Å². The first-order chi connectivity index (χ1) is 8.15. The Hall–Kier alpha value is -1.33. The van der Waals surface area contributed by atoms with Gasteiger partial charge in [0.2, 0.25) is 0 Å². The Bertz CT molecular complexity index is 598. The summed E-state index contributed by atoms with van der Waals surface area (Å²) in [5.74, 6) is 0. The molecule has 0 spiro atoms. The molecule has 0 amide bonds. The zero-order valence-electron chi connectivity index (χ0n) is 9.11. The number of nitrogens with zero attached hydrogens (tertiary/aromatic N) is 2. The van der Waals surface area contributed by atoms with Gasteiger partial charge in [-0.25, -0.2) is 0 Å². The molecule has 2 rings (SSSR count). The molecule has 1 heterocycles. The van der Waals surface area contributed by atoms with Gasteiger partial charge in [0, 0.05) is 11.4 Å². The minimum absolute atomic E-state index is 0.388. The smallest absolute Gasteiger partial charge is 0.300 e. The summed E-state index contributed by atoms with van der Waals surface area (Å²) in [6.07, 6.45) is 1.43. The molecule has 7 heteroatoms. The molecule has 17 heavy (non-hydrogen) atoms. The second-order valence-corrected chi connectivity index (χ2v) is 4.65. The lowest BCUT2D eigenvalue weighted by Gasteiger charge is -2.21. The largest absolute Gasteiger partial charge is 0.804 e. The third-order valence-electron chi connectivity index (χ3n) is 2.35. The normalized spacial score (nSPS) is 12.9. The first-order valence-electron chi connectivity index (χ1n) is 4.87. The van der Waals surface area contributed by atoms with E-state index in [9.17, 15) is 9.80 Å². The van der Waals surface area contributed by atoms with Gasteiger partial charge < -0.3 is 14.5 Å². The molecular formula is C10H11N2O4P. The molecule has 1 aromatic heterocycles. The Morgan fingerprint density at radius 2 is 2.24 bits per heavy atom. The highest BCUT2D eigenvalue weighted by Gasteiger charge is 2.15. The van der Waals surface area contributed by atoms with Gasteiger partial charge in [0.1, 0.15) is 6.79 Å². The van der Waals surface area contributed by atoms with E-state index in [0.717, 1.165) is 0 Å². The number of hydrogen-bond donors (Lipinski definition) is 1. The maximum Gasteiger partial charge on any atom is 0.300 e. The van der Waals surface area contributed by atoms with Crippen LogP contribution in [0.15, 0.2) is 30.5 Å². The van der Waals surface area contributed by atoms with Crippen molar-refractivity contribution in [3.8, 4) is 0 Å². The maximum absolute atomic E-state index is 11.8. The average Bonchev–Trinajstić information content (AvgIpc) is 2.34. The van der Waals surface area contributed by atoms with Crippen molar-refractivity contribution >= 4 is 24.6 Å². The van der Waals surface area contributed by atoms with Gasteiger partial charge >= 0.3 is 0 Å². The van der Waals surface area contributed by atoms with E-state index in [2.05, 4.69) is 4.52 Å². The van der Waals surface area contributed by atoms with Crippen LogP contribution >= 0.6 is 8.38 Å². The summed E-state index contributed by atoms with van der Waals surface area (Å²) in [6.45, 7) is -0.625. The van der Waals surface area contributed by atoms with Crippen molar-refractivity contribution in [2.45, 2.75) is 0 Å². The van der Waals surface area contributed by atoms with Gasteiger partial charge in [-0.15, -0.1) is 4.68 Å². The number of benzene rings is 1. The highest BCUT2D eigenvalue weighted by Crippen LogP contribution is 2.27. The first kappa shape index (κ1) is 12.1. The molecule has 0 bridgehead atoms. The van der Waals surface area contributed by atoms with E-state index in [-0.39, 0.29) is 0 Å². The molecule has 1 N–H and O–H groups in total. The predicted octanol–water partition coefficient (Wildman–Crippen LogP) is -0.643. The molecule has 0 aliphatic rings. The van der Waals surface area contributed by atoms with Crippen LogP contribution in [-0.4, -0.2) is 16.6 Å². The number of aryl methyl sites for hydroxylation is 1. The number of aliphatic hydroxyl groups excluding tert-OH is 1. The van der Waals surface area contributed by atoms with Crippen LogP contribution < -0.4 is 14.7 Å². The summed E-state index contributed by atoms with van der Waals surface area (Å²) in [5, 5.41) is 9.55. The summed E-state index contributed by atoms with van der Waals surface area (Å²) in [4.78, 5) is 23.5. The third-order valence-corrected chi connectivity index (χ3v) is 3.45. The van der Waals surface area contributed by atoms with Gasteiger partial charge in [-0.2, -0.15) is 0 Å². The van der Waals surface area contributed by atoms with E-state index in [1.807, 2.05) is 0 Å². The molecule has 0 radical (unpaired) electrons. The van der Waals surface area contributed by atoms with Crippen LogP contribution in [-0.2, 0) is 11.6 Å². The number of aromatic nitrogens is 2. The minimum Gasteiger partial charge on any atom is -0.804 e. The number of para-hydroxylation sites is 1. The molecule has 1 unspecified atom stereocenters. The van der Waals surface area contributed by atoms with Crippen molar-refractivity contribution in [1.29, 1.82) is 0 Å². The standard InChI is InChI=1S/C10H11N2O4P/c1-11-6-10(17(15)16-7-13)8-4-2-3-5-9(8)12(11)14/h2-6,13H,7H2,1H3. The Labute approximate surface area is 98.2 Å². The lowest BCUT2D eigenvalue weighted by molar-refractivity contribution is -0.568. The van der Waals surface area contributed by atoms with E-state index in [4.69, 9.17) is 5.11 Å². The number of hydrogen-bond acceptors (Lipinski definition) is 4. The lowest BCUT2D eigenvalue weighted by atomic mass is 10.2. The fraction of sp³-hybridized carbons (Fsp3) is 0.200. The summed E-state index contributed by atoms with van der Waals surface area (Å²) in [7, 11) is -0.631. The molecule has 6 nitrogen and oxygen atoms in total. The molecule has 2 aromatic rings.